The monoisotopic (exact) mass is 445 g/mol. The zero-order chi connectivity index (χ0) is 22.2. The van der Waals surface area contributed by atoms with Crippen LogP contribution in [0, 0.1) is 0 Å². The van der Waals surface area contributed by atoms with E-state index < -0.39 is 10.0 Å². The molecule has 3 heterocycles. The molecule has 1 aromatic carbocycles. The Morgan fingerprint density at radius 1 is 0.903 bits per heavy atom. The van der Waals surface area contributed by atoms with Crippen LogP contribution in [0.3, 0.4) is 0 Å². The van der Waals surface area contributed by atoms with E-state index in [1.165, 1.54) is 38.4 Å². The average molecular weight is 446 g/mol. The summed E-state index contributed by atoms with van der Waals surface area (Å²) in [7, 11) is -0.600. The summed E-state index contributed by atoms with van der Waals surface area (Å²) in [5.74, 6) is -0.259. The van der Waals surface area contributed by atoms with Crippen LogP contribution in [0.2, 0.25) is 0 Å². The van der Waals surface area contributed by atoms with Gasteiger partial charge in [0.05, 0.1) is 4.90 Å². The van der Waals surface area contributed by atoms with Gasteiger partial charge in [-0.3, -0.25) is 14.3 Å². The molecule has 2 aromatic rings. The number of nitrogens with zero attached hydrogens (tertiary/aromatic N) is 5. The van der Waals surface area contributed by atoms with Gasteiger partial charge in [-0.2, -0.15) is 5.10 Å². The molecule has 2 amide bonds. The van der Waals surface area contributed by atoms with Crippen LogP contribution in [0.25, 0.3) is 0 Å². The predicted molar refractivity (Wildman–Crippen MR) is 114 cm³/mol. The van der Waals surface area contributed by atoms with E-state index in [0.29, 0.717) is 37.4 Å². The zero-order valence-electron chi connectivity index (χ0n) is 17.8. The van der Waals surface area contributed by atoms with Crippen molar-refractivity contribution < 1.29 is 18.0 Å². The molecule has 0 aliphatic carbocycles. The van der Waals surface area contributed by atoms with Crippen molar-refractivity contribution in [3.05, 3.63) is 47.3 Å². The second-order valence-corrected chi connectivity index (χ2v) is 10.2. The van der Waals surface area contributed by atoms with E-state index in [2.05, 4.69) is 5.10 Å². The lowest BCUT2D eigenvalue weighted by atomic mass is 10.1. The van der Waals surface area contributed by atoms with Gasteiger partial charge >= 0.3 is 0 Å². The number of aromatic nitrogens is 2. The summed E-state index contributed by atoms with van der Waals surface area (Å²) in [6, 6.07) is 7.85. The van der Waals surface area contributed by atoms with E-state index in [1.807, 2.05) is 10.7 Å². The summed E-state index contributed by atoms with van der Waals surface area (Å²) in [5, 5.41) is 4.46. The summed E-state index contributed by atoms with van der Waals surface area (Å²) in [6.45, 7) is 2.60. The fourth-order valence-corrected chi connectivity index (χ4v) is 4.86. The maximum absolute atomic E-state index is 12.8. The number of aryl methyl sites for hydroxylation is 2. The van der Waals surface area contributed by atoms with Gasteiger partial charge in [-0.05, 0) is 49.6 Å². The van der Waals surface area contributed by atoms with Crippen molar-refractivity contribution in [1.29, 1.82) is 0 Å². The molecule has 0 bridgehead atoms. The van der Waals surface area contributed by atoms with Crippen LogP contribution in [-0.2, 0) is 23.0 Å². The zero-order valence-corrected chi connectivity index (χ0v) is 18.6. The number of hydrogen-bond acceptors (Lipinski definition) is 5. The largest absolute Gasteiger partial charge is 0.335 e. The molecule has 0 spiro atoms. The van der Waals surface area contributed by atoms with Gasteiger partial charge in [0, 0.05) is 58.1 Å². The van der Waals surface area contributed by atoms with E-state index >= 15 is 0 Å². The number of piperazine rings is 1. The summed E-state index contributed by atoms with van der Waals surface area (Å²) in [5.41, 5.74) is 2.02. The fraction of sp³-hybridized carbons (Fsp3) is 0.476. The molecule has 31 heavy (non-hydrogen) atoms. The van der Waals surface area contributed by atoms with Crippen LogP contribution in [0.4, 0.5) is 0 Å². The van der Waals surface area contributed by atoms with Crippen LogP contribution in [0.5, 0.6) is 0 Å². The minimum absolute atomic E-state index is 0.0905. The molecule has 0 atom stereocenters. The van der Waals surface area contributed by atoms with Crippen molar-refractivity contribution in [2.75, 3.05) is 40.3 Å². The Kier molecular flexibility index (Phi) is 5.85. The smallest absolute Gasteiger partial charge is 0.274 e. The third-order valence-electron chi connectivity index (χ3n) is 5.87. The Labute approximate surface area is 182 Å². The van der Waals surface area contributed by atoms with Gasteiger partial charge in [0.1, 0.15) is 0 Å². The fourth-order valence-electron chi connectivity index (χ4n) is 3.96. The topological polar surface area (TPSA) is 95.8 Å². The average Bonchev–Trinajstić information content (AvgIpc) is 3.22. The highest BCUT2D eigenvalue weighted by Gasteiger charge is 2.28. The van der Waals surface area contributed by atoms with Gasteiger partial charge in [-0.25, -0.2) is 12.7 Å². The summed E-state index contributed by atoms with van der Waals surface area (Å²) in [6.07, 6.45) is 3.17. The number of rotatable bonds is 4. The second-order valence-electron chi connectivity index (χ2n) is 8.10. The first-order chi connectivity index (χ1) is 14.8. The third kappa shape index (κ3) is 4.22. The first-order valence-corrected chi connectivity index (χ1v) is 11.9. The van der Waals surface area contributed by atoms with Crippen LogP contribution in [0.1, 0.15) is 39.4 Å². The SMILES string of the molecule is CN(C)S(=O)(=O)c1ccc(C(=O)N2CCN(C(=O)c3cc4n(n3)CCCC4)CC2)cc1. The minimum atomic E-state index is -3.53. The van der Waals surface area contributed by atoms with Crippen LogP contribution in [0.15, 0.2) is 35.2 Å². The highest BCUT2D eigenvalue weighted by Crippen LogP contribution is 2.18. The van der Waals surface area contributed by atoms with E-state index in [0.717, 1.165) is 35.8 Å². The molecule has 1 aromatic heterocycles. The van der Waals surface area contributed by atoms with Crippen molar-refractivity contribution in [1.82, 2.24) is 23.9 Å². The lowest BCUT2D eigenvalue weighted by Crippen LogP contribution is -2.50. The molecular weight excluding hydrogens is 418 g/mol. The van der Waals surface area contributed by atoms with Crippen molar-refractivity contribution in [2.24, 2.45) is 0 Å². The predicted octanol–water partition coefficient (Wildman–Crippen LogP) is 1.07. The third-order valence-corrected chi connectivity index (χ3v) is 7.70. The van der Waals surface area contributed by atoms with Crippen molar-refractivity contribution in [2.45, 2.75) is 30.7 Å². The maximum atomic E-state index is 12.8. The summed E-state index contributed by atoms with van der Waals surface area (Å²) in [4.78, 5) is 29.2. The minimum Gasteiger partial charge on any atom is -0.335 e. The molecule has 9 nitrogen and oxygen atoms in total. The Hall–Kier alpha value is -2.72. The van der Waals surface area contributed by atoms with Crippen LogP contribution in [-0.4, -0.2) is 84.4 Å². The highest BCUT2D eigenvalue weighted by atomic mass is 32.2. The first-order valence-electron chi connectivity index (χ1n) is 10.5. The molecular formula is C21H27N5O4S. The molecule has 10 heteroatoms. The number of amides is 2. The number of benzene rings is 1. The molecule has 2 aliphatic rings. The Morgan fingerprint density at radius 2 is 1.52 bits per heavy atom. The van der Waals surface area contributed by atoms with Crippen molar-refractivity contribution in [3.63, 3.8) is 0 Å². The van der Waals surface area contributed by atoms with Gasteiger partial charge < -0.3 is 9.80 Å². The standard InChI is InChI=1S/C21H27N5O4S/c1-23(2)31(29,30)18-8-6-16(7-9-18)20(27)24-11-13-25(14-12-24)21(28)19-15-17-5-3-4-10-26(17)22-19/h6-9,15H,3-5,10-14H2,1-2H3. The molecule has 2 aliphatic heterocycles. The number of fused-ring (bicyclic) bond motifs is 1. The van der Waals surface area contributed by atoms with Crippen LogP contribution >= 0.6 is 0 Å². The highest BCUT2D eigenvalue weighted by molar-refractivity contribution is 7.89. The van der Waals surface area contributed by atoms with E-state index in [9.17, 15) is 18.0 Å². The normalized spacial score (nSPS) is 17.0. The van der Waals surface area contributed by atoms with E-state index in [-0.39, 0.29) is 16.7 Å². The Balaban J connectivity index is 1.37. The number of carbonyl (C=O) groups is 2. The molecule has 0 radical (unpaired) electrons. The number of sulfonamides is 1. The van der Waals surface area contributed by atoms with E-state index in [1.54, 1.807) is 9.80 Å². The van der Waals surface area contributed by atoms with Gasteiger partial charge in [0.15, 0.2) is 5.69 Å². The number of carbonyl (C=O) groups excluding carboxylic acids is 2. The number of hydrogen-bond donors (Lipinski definition) is 0. The van der Waals surface area contributed by atoms with E-state index in [4.69, 9.17) is 0 Å². The molecule has 166 valence electrons. The molecule has 0 saturated carbocycles. The maximum Gasteiger partial charge on any atom is 0.274 e. The van der Waals surface area contributed by atoms with Crippen molar-refractivity contribution >= 4 is 21.8 Å². The quantitative estimate of drug-likeness (QED) is 0.702. The van der Waals surface area contributed by atoms with Gasteiger partial charge in [0.25, 0.3) is 11.8 Å². The Bertz CT molecular complexity index is 1060. The summed E-state index contributed by atoms with van der Waals surface area (Å²) >= 11 is 0. The summed E-state index contributed by atoms with van der Waals surface area (Å²) < 4.78 is 27.4. The van der Waals surface area contributed by atoms with Crippen LogP contribution < -0.4 is 0 Å². The molecule has 4 rings (SSSR count). The molecule has 1 saturated heterocycles. The lowest BCUT2D eigenvalue weighted by Gasteiger charge is -2.34. The first kappa shape index (κ1) is 21.5. The molecule has 0 unspecified atom stereocenters. The van der Waals surface area contributed by atoms with Gasteiger partial charge in [-0.1, -0.05) is 0 Å². The second kappa shape index (κ2) is 8.43. The lowest BCUT2D eigenvalue weighted by molar-refractivity contribution is 0.0531. The van der Waals surface area contributed by atoms with Gasteiger partial charge in [-0.15, -0.1) is 0 Å². The molecule has 0 N–H and O–H groups in total. The van der Waals surface area contributed by atoms with Crippen molar-refractivity contribution in [3.8, 4) is 0 Å². The molecule has 1 fully saturated rings. The van der Waals surface area contributed by atoms with Gasteiger partial charge in [0.2, 0.25) is 10.0 Å². The Morgan fingerprint density at radius 3 is 2.10 bits per heavy atom.